The summed E-state index contributed by atoms with van der Waals surface area (Å²) >= 11 is 0. The Morgan fingerprint density at radius 3 is 2.55 bits per heavy atom. The van der Waals surface area contributed by atoms with Gasteiger partial charge in [0.25, 0.3) is 0 Å². The van der Waals surface area contributed by atoms with Crippen molar-refractivity contribution in [3.8, 4) is 0 Å². The highest BCUT2D eigenvalue weighted by Crippen LogP contribution is 2.38. The molecule has 1 saturated carbocycles. The van der Waals surface area contributed by atoms with E-state index < -0.39 is 21.9 Å². The molecular formula is C20H24FN3O4S. The van der Waals surface area contributed by atoms with E-state index >= 15 is 0 Å². The Balaban J connectivity index is 1.34. The molecule has 1 aromatic heterocycles. The SMILES string of the molecule is Cc1cc(F)ccc1CNc1ccc(S(=O)(=O)NC2COC3(CCC3)OC2)cn1. The molecule has 0 atom stereocenters. The van der Waals surface area contributed by atoms with Gasteiger partial charge in [-0.3, -0.25) is 0 Å². The lowest BCUT2D eigenvalue weighted by atomic mass is 9.90. The third-order valence-electron chi connectivity index (χ3n) is 5.34. The molecule has 2 aromatic rings. The third kappa shape index (κ3) is 4.58. The van der Waals surface area contributed by atoms with E-state index in [1.807, 2.05) is 6.92 Å². The molecule has 0 bridgehead atoms. The van der Waals surface area contributed by atoms with Crippen LogP contribution in [-0.4, -0.2) is 38.4 Å². The maximum atomic E-state index is 13.2. The van der Waals surface area contributed by atoms with E-state index in [1.165, 1.54) is 24.4 Å². The second kappa shape index (κ2) is 7.98. The minimum atomic E-state index is -3.72. The van der Waals surface area contributed by atoms with E-state index in [1.54, 1.807) is 12.1 Å². The van der Waals surface area contributed by atoms with Gasteiger partial charge in [0, 0.05) is 25.6 Å². The van der Waals surface area contributed by atoms with Crippen molar-refractivity contribution in [2.45, 2.75) is 49.5 Å². The highest BCUT2D eigenvalue weighted by Gasteiger charge is 2.43. The first-order chi connectivity index (χ1) is 13.9. The molecule has 156 valence electrons. The molecule has 0 amide bonds. The van der Waals surface area contributed by atoms with Crippen LogP contribution in [0.25, 0.3) is 0 Å². The van der Waals surface area contributed by atoms with Gasteiger partial charge >= 0.3 is 0 Å². The zero-order valence-electron chi connectivity index (χ0n) is 16.2. The summed E-state index contributed by atoms with van der Waals surface area (Å²) in [5.41, 5.74) is 1.77. The van der Waals surface area contributed by atoms with Crippen LogP contribution < -0.4 is 10.0 Å². The fourth-order valence-corrected chi connectivity index (χ4v) is 4.54. The van der Waals surface area contributed by atoms with E-state index in [2.05, 4.69) is 15.0 Å². The first-order valence-electron chi connectivity index (χ1n) is 9.60. The number of rotatable bonds is 6. The summed E-state index contributed by atoms with van der Waals surface area (Å²) < 4.78 is 52.4. The number of anilines is 1. The molecule has 29 heavy (non-hydrogen) atoms. The first-order valence-corrected chi connectivity index (χ1v) is 11.1. The predicted octanol–water partition coefficient (Wildman–Crippen LogP) is 2.72. The number of nitrogens with one attached hydrogen (secondary N) is 2. The Labute approximate surface area is 169 Å². The van der Waals surface area contributed by atoms with Crippen molar-refractivity contribution in [3.05, 3.63) is 53.5 Å². The molecule has 1 aliphatic heterocycles. The van der Waals surface area contributed by atoms with Crippen molar-refractivity contribution in [2.24, 2.45) is 0 Å². The number of halogens is 1. The summed E-state index contributed by atoms with van der Waals surface area (Å²) in [7, 11) is -3.72. The van der Waals surface area contributed by atoms with Crippen molar-refractivity contribution in [2.75, 3.05) is 18.5 Å². The minimum Gasteiger partial charge on any atom is -0.366 e. The van der Waals surface area contributed by atoms with Crippen molar-refractivity contribution in [3.63, 3.8) is 0 Å². The number of hydrogen-bond donors (Lipinski definition) is 2. The number of benzene rings is 1. The van der Waals surface area contributed by atoms with Crippen LogP contribution in [0.15, 0.2) is 41.4 Å². The van der Waals surface area contributed by atoms with E-state index in [0.717, 1.165) is 30.4 Å². The second-order valence-corrected chi connectivity index (χ2v) is 9.22. The summed E-state index contributed by atoms with van der Waals surface area (Å²) in [5, 5.41) is 3.11. The highest BCUT2D eigenvalue weighted by atomic mass is 32.2. The molecule has 7 nitrogen and oxygen atoms in total. The van der Waals surface area contributed by atoms with Gasteiger partial charge in [-0.05, 0) is 48.7 Å². The van der Waals surface area contributed by atoms with Crippen molar-refractivity contribution >= 4 is 15.8 Å². The summed E-state index contributed by atoms with van der Waals surface area (Å²) in [6.07, 6.45) is 4.11. The lowest BCUT2D eigenvalue weighted by Crippen LogP contribution is -2.55. The number of aryl methyl sites for hydroxylation is 1. The lowest BCUT2D eigenvalue weighted by molar-refractivity contribution is -0.307. The Bertz CT molecular complexity index is 968. The van der Waals surface area contributed by atoms with Crippen LogP contribution >= 0.6 is 0 Å². The largest absolute Gasteiger partial charge is 0.366 e. The number of nitrogens with zero attached hydrogens (tertiary/aromatic N) is 1. The van der Waals surface area contributed by atoms with Gasteiger partial charge in [0.05, 0.1) is 19.3 Å². The van der Waals surface area contributed by atoms with Gasteiger partial charge in [0.15, 0.2) is 5.79 Å². The number of sulfonamides is 1. The Kier molecular flexibility index (Phi) is 5.56. The van der Waals surface area contributed by atoms with Gasteiger partial charge < -0.3 is 14.8 Å². The number of hydrogen-bond acceptors (Lipinski definition) is 6. The topological polar surface area (TPSA) is 89.6 Å². The highest BCUT2D eigenvalue weighted by molar-refractivity contribution is 7.89. The molecule has 2 N–H and O–H groups in total. The summed E-state index contributed by atoms with van der Waals surface area (Å²) in [5.74, 6) is -0.230. The fraction of sp³-hybridized carbons (Fsp3) is 0.450. The molecule has 1 aliphatic carbocycles. The van der Waals surface area contributed by atoms with Crippen LogP contribution in [0.2, 0.25) is 0 Å². The van der Waals surface area contributed by atoms with Crippen molar-refractivity contribution < 1.29 is 22.3 Å². The summed E-state index contributed by atoms with van der Waals surface area (Å²) in [6, 6.07) is 7.26. The summed E-state index contributed by atoms with van der Waals surface area (Å²) in [4.78, 5) is 4.25. The molecule has 1 saturated heterocycles. The zero-order chi connectivity index (χ0) is 20.5. The van der Waals surface area contributed by atoms with Crippen LogP contribution in [-0.2, 0) is 26.0 Å². The predicted molar refractivity (Wildman–Crippen MR) is 105 cm³/mol. The van der Waals surface area contributed by atoms with Crippen LogP contribution in [0.4, 0.5) is 10.2 Å². The van der Waals surface area contributed by atoms with E-state index in [0.29, 0.717) is 25.6 Å². The maximum absolute atomic E-state index is 13.2. The maximum Gasteiger partial charge on any atom is 0.242 e. The molecule has 0 radical (unpaired) electrons. The normalized spacial score (nSPS) is 19.1. The van der Waals surface area contributed by atoms with Gasteiger partial charge in [-0.2, -0.15) is 0 Å². The molecule has 9 heteroatoms. The molecule has 2 fully saturated rings. The molecule has 2 heterocycles. The van der Waals surface area contributed by atoms with Crippen LogP contribution in [0.3, 0.4) is 0 Å². The van der Waals surface area contributed by atoms with Gasteiger partial charge in [-0.25, -0.2) is 22.5 Å². The van der Waals surface area contributed by atoms with E-state index in [4.69, 9.17) is 9.47 Å². The summed E-state index contributed by atoms with van der Waals surface area (Å²) in [6.45, 7) is 2.88. The standard InChI is InChI=1S/C20H24FN3O4S/c1-14-9-16(21)4-3-15(14)10-22-19-6-5-18(11-23-19)29(25,26)24-17-12-27-20(28-13-17)7-2-8-20/h3-6,9,11,17,24H,2,7-8,10,12-13H2,1H3,(H,22,23). The van der Waals surface area contributed by atoms with Gasteiger partial charge in [-0.1, -0.05) is 6.07 Å². The Hall–Kier alpha value is -2.07. The first kappa shape index (κ1) is 20.2. The van der Waals surface area contributed by atoms with Crippen LogP contribution in [0.5, 0.6) is 0 Å². The average molecular weight is 421 g/mol. The molecule has 1 spiro atoms. The molecule has 4 rings (SSSR count). The molecule has 1 aromatic carbocycles. The fourth-order valence-electron chi connectivity index (χ4n) is 3.39. The third-order valence-corrected chi connectivity index (χ3v) is 6.85. The van der Waals surface area contributed by atoms with E-state index in [-0.39, 0.29) is 10.7 Å². The van der Waals surface area contributed by atoms with Crippen LogP contribution in [0, 0.1) is 12.7 Å². The van der Waals surface area contributed by atoms with Crippen molar-refractivity contribution in [1.82, 2.24) is 9.71 Å². The molecule has 2 aliphatic rings. The average Bonchev–Trinajstić information content (AvgIpc) is 2.67. The molecular weight excluding hydrogens is 397 g/mol. The monoisotopic (exact) mass is 421 g/mol. The van der Waals surface area contributed by atoms with Gasteiger partial charge in [0.2, 0.25) is 10.0 Å². The Morgan fingerprint density at radius 1 is 1.21 bits per heavy atom. The van der Waals surface area contributed by atoms with Gasteiger partial charge in [-0.15, -0.1) is 0 Å². The number of aromatic nitrogens is 1. The molecule has 0 unspecified atom stereocenters. The van der Waals surface area contributed by atoms with Crippen molar-refractivity contribution in [1.29, 1.82) is 0 Å². The number of ether oxygens (including phenoxy) is 2. The number of pyridine rings is 1. The minimum absolute atomic E-state index is 0.0740. The van der Waals surface area contributed by atoms with E-state index in [9.17, 15) is 12.8 Å². The van der Waals surface area contributed by atoms with Crippen LogP contribution in [0.1, 0.15) is 30.4 Å². The van der Waals surface area contributed by atoms with Gasteiger partial charge in [0.1, 0.15) is 16.5 Å². The Morgan fingerprint density at radius 2 is 1.97 bits per heavy atom. The quantitative estimate of drug-likeness (QED) is 0.746. The second-order valence-electron chi connectivity index (χ2n) is 7.51. The zero-order valence-corrected chi connectivity index (χ0v) is 17.0. The lowest BCUT2D eigenvalue weighted by Gasteiger charge is -2.45. The smallest absolute Gasteiger partial charge is 0.242 e.